The number of hydrogen-bond acceptors (Lipinski definition) is 3. The van der Waals surface area contributed by atoms with E-state index in [1.54, 1.807) is 0 Å². The van der Waals surface area contributed by atoms with Gasteiger partial charge < -0.3 is 4.42 Å². The Kier molecular flexibility index (Phi) is 6.62. The standard InChI is InChI=1S/C55H33N3O/c1-3-18-38(19-4-1)55(39-20-5-2-6-21-39)46-25-13-11-23-41(46)42-29-28-37(32-47(42)55)50-53-51(44-24-12-14-26-49(44)59-53)57-54(56-50)58-48-33-36-17-8-7-16-35(36)31-45(48)43-30-27-34-15-9-10-22-40(34)52(43)58/h1-33H. The lowest BCUT2D eigenvalue weighted by atomic mass is 9.67. The second-order valence-electron chi connectivity index (χ2n) is 15.7. The molecule has 0 amide bonds. The fourth-order valence-corrected chi connectivity index (χ4v) is 10.1. The Morgan fingerprint density at radius 3 is 1.88 bits per heavy atom. The number of rotatable bonds is 4. The van der Waals surface area contributed by atoms with Gasteiger partial charge in [-0.1, -0.05) is 170 Å². The predicted octanol–water partition coefficient (Wildman–Crippen LogP) is 13.8. The van der Waals surface area contributed by atoms with Gasteiger partial charge in [0.2, 0.25) is 5.95 Å². The highest BCUT2D eigenvalue weighted by molar-refractivity contribution is 6.20. The molecule has 274 valence electrons. The zero-order chi connectivity index (χ0) is 38.7. The molecule has 0 N–H and O–H groups in total. The summed E-state index contributed by atoms with van der Waals surface area (Å²) in [5.74, 6) is 0.604. The van der Waals surface area contributed by atoms with Crippen LogP contribution in [0.15, 0.2) is 205 Å². The summed E-state index contributed by atoms with van der Waals surface area (Å²) in [6.45, 7) is 0. The summed E-state index contributed by atoms with van der Waals surface area (Å²) < 4.78 is 9.06. The molecule has 3 heterocycles. The number of hydrogen-bond donors (Lipinski definition) is 0. The molecule has 1 aliphatic rings. The third-order valence-corrected chi connectivity index (χ3v) is 12.7. The van der Waals surface area contributed by atoms with Gasteiger partial charge in [-0.05, 0) is 79.9 Å². The van der Waals surface area contributed by atoms with Crippen LogP contribution in [-0.4, -0.2) is 14.5 Å². The first-order chi connectivity index (χ1) is 29.3. The summed E-state index contributed by atoms with van der Waals surface area (Å²) in [5, 5.41) is 7.97. The summed E-state index contributed by atoms with van der Waals surface area (Å²) in [5.41, 5.74) is 12.9. The second kappa shape index (κ2) is 12.1. The van der Waals surface area contributed by atoms with Crippen molar-refractivity contribution in [1.82, 2.24) is 14.5 Å². The molecule has 4 heteroatoms. The van der Waals surface area contributed by atoms with E-state index < -0.39 is 5.41 Å². The number of aromatic nitrogens is 3. The summed E-state index contributed by atoms with van der Waals surface area (Å²) >= 11 is 0. The van der Waals surface area contributed by atoms with Gasteiger partial charge in [0.05, 0.1) is 16.4 Å². The van der Waals surface area contributed by atoms with Crippen molar-refractivity contribution < 1.29 is 4.42 Å². The van der Waals surface area contributed by atoms with Crippen LogP contribution < -0.4 is 0 Å². The van der Waals surface area contributed by atoms with Crippen LogP contribution in [0.4, 0.5) is 0 Å². The van der Waals surface area contributed by atoms with Crippen LogP contribution in [0.5, 0.6) is 0 Å². The maximum absolute atomic E-state index is 6.78. The first kappa shape index (κ1) is 32.3. The molecule has 13 rings (SSSR count). The first-order valence-electron chi connectivity index (χ1n) is 20.2. The molecular weight excluding hydrogens is 719 g/mol. The van der Waals surface area contributed by atoms with Gasteiger partial charge in [0.15, 0.2) is 5.58 Å². The fourth-order valence-electron chi connectivity index (χ4n) is 10.1. The average Bonchev–Trinajstić information content (AvgIpc) is 3.94. The van der Waals surface area contributed by atoms with E-state index in [2.05, 4.69) is 193 Å². The van der Waals surface area contributed by atoms with E-state index in [0.717, 1.165) is 54.9 Å². The van der Waals surface area contributed by atoms with E-state index in [9.17, 15) is 0 Å². The van der Waals surface area contributed by atoms with Crippen molar-refractivity contribution in [2.75, 3.05) is 0 Å². The zero-order valence-electron chi connectivity index (χ0n) is 31.8. The van der Waals surface area contributed by atoms with Crippen LogP contribution in [0, 0.1) is 0 Å². The average molecular weight is 752 g/mol. The Balaban J connectivity index is 1.16. The molecule has 0 bridgehead atoms. The Hall–Kier alpha value is -7.82. The van der Waals surface area contributed by atoms with E-state index in [1.165, 1.54) is 49.5 Å². The number of nitrogens with zero attached hydrogens (tertiary/aromatic N) is 3. The molecule has 1 aliphatic carbocycles. The van der Waals surface area contributed by atoms with Gasteiger partial charge in [-0.15, -0.1) is 0 Å². The molecule has 3 aromatic heterocycles. The number of furan rings is 1. The molecule has 0 atom stereocenters. The van der Waals surface area contributed by atoms with Crippen LogP contribution in [0.25, 0.3) is 93.8 Å². The summed E-state index contributed by atoms with van der Waals surface area (Å²) in [4.78, 5) is 11.1. The maximum Gasteiger partial charge on any atom is 0.236 e. The van der Waals surface area contributed by atoms with Gasteiger partial charge in [0.25, 0.3) is 0 Å². The largest absolute Gasteiger partial charge is 0.452 e. The van der Waals surface area contributed by atoms with Crippen molar-refractivity contribution in [3.8, 4) is 28.3 Å². The predicted molar refractivity (Wildman–Crippen MR) is 241 cm³/mol. The van der Waals surface area contributed by atoms with Crippen LogP contribution in [0.3, 0.4) is 0 Å². The van der Waals surface area contributed by atoms with Gasteiger partial charge in [-0.25, -0.2) is 9.97 Å². The quantitative estimate of drug-likeness (QED) is 0.180. The molecule has 9 aromatic carbocycles. The molecule has 0 radical (unpaired) electrons. The van der Waals surface area contributed by atoms with Gasteiger partial charge in [0, 0.05) is 27.1 Å². The van der Waals surface area contributed by atoms with Crippen molar-refractivity contribution >= 4 is 65.4 Å². The minimum Gasteiger partial charge on any atom is -0.452 e. The Labute approximate surface area is 339 Å². The molecule has 4 nitrogen and oxygen atoms in total. The molecule has 12 aromatic rings. The number of fused-ring (bicyclic) bond motifs is 12. The third-order valence-electron chi connectivity index (χ3n) is 12.7. The molecule has 0 saturated heterocycles. The molecule has 0 spiro atoms. The van der Waals surface area contributed by atoms with Crippen molar-refractivity contribution in [2.24, 2.45) is 0 Å². The van der Waals surface area contributed by atoms with Crippen molar-refractivity contribution in [1.29, 1.82) is 0 Å². The lowest BCUT2D eigenvalue weighted by Gasteiger charge is -2.34. The van der Waals surface area contributed by atoms with E-state index >= 15 is 0 Å². The molecule has 0 unspecified atom stereocenters. The van der Waals surface area contributed by atoms with E-state index in [4.69, 9.17) is 14.4 Å². The van der Waals surface area contributed by atoms with Gasteiger partial charge in [0.1, 0.15) is 16.8 Å². The van der Waals surface area contributed by atoms with Gasteiger partial charge in [-0.2, -0.15) is 0 Å². The molecule has 0 aliphatic heterocycles. The van der Waals surface area contributed by atoms with Crippen LogP contribution >= 0.6 is 0 Å². The highest BCUT2D eigenvalue weighted by Crippen LogP contribution is 2.57. The minimum absolute atomic E-state index is 0.555. The number of para-hydroxylation sites is 1. The lowest BCUT2D eigenvalue weighted by Crippen LogP contribution is -2.28. The topological polar surface area (TPSA) is 43.9 Å². The fraction of sp³-hybridized carbons (Fsp3) is 0.0182. The molecule has 0 saturated carbocycles. The van der Waals surface area contributed by atoms with Crippen LogP contribution in [-0.2, 0) is 5.41 Å². The van der Waals surface area contributed by atoms with E-state index in [-0.39, 0.29) is 0 Å². The third kappa shape index (κ3) is 4.43. The zero-order valence-corrected chi connectivity index (χ0v) is 31.8. The van der Waals surface area contributed by atoms with E-state index in [1.807, 2.05) is 12.1 Å². The lowest BCUT2D eigenvalue weighted by molar-refractivity contribution is 0.666. The molecule has 59 heavy (non-hydrogen) atoms. The summed E-state index contributed by atoms with van der Waals surface area (Å²) in [6, 6.07) is 72.1. The Morgan fingerprint density at radius 1 is 0.441 bits per heavy atom. The molecular formula is C55H33N3O. The van der Waals surface area contributed by atoms with E-state index in [0.29, 0.717) is 11.5 Å². The summed E-state index contributed by atoms with van der Waals surface area (Å²) in [7, 11) is 0. The smallest absolute Gasteiger partial charge is 0.236 e. The number of benzene rings is 9. The van der Waals surface area contributed by atoms with Gasteiger partial charge >= 0.3 is 0 Å². The normalized spacial score (nSPS) is 13.2. The summed E-state index contributed by atoms with van der Waals surface area (Å²) in [6.07, 6.45) is 0. The van der Waals surface area contributed by atoms with Crippen molar-refractivity contribution in [3.63, 3.8) is 0 Å². The van der Waals surface area contributed by atoms with Crippen LogP contribution in [0.1, 0.15) is 22.3 Å². The Morgan fingerprint density at radius 2 is 1.08 bits per heavy atom. The van der Waals surface area contributed by atoms with Crippen molar-refractivity contribution in [2.45, 2.75) is 5.41 Å². The van der Waals surface area contributed by atoms with Gasteiger partial charge in [-0.3, -0.25) is 4.57 Å². The highest BCUT2D eigenvalue weighted by Gasteiger charge is 2.46. The monoisotopic (exact) mass is 751 g/mol. The first-order valence-corrected chi connectivity index (χ1v) is 20.2. The maximum atomic E-state index is 6.78. The SMILES string of the molecule is c1ccc(C2(c3ccccc3)c3ccccc3-c3ccc(-c4nc(-n5c6cc7ccccc7cc6c6ccc7ccccc7c65)nc5c4oc4ccccc45)cc32)cc1. The van der Waals surface area contributed by atoms with Crippen LogP contribution in [0.2, 0.25) is 0 Å². The Bertz CT molecular complexity index is 3630. The minimum atomic E-state index is -0.555. The van der Waals surface area contributed by atoms with Crippen molar-refractivity contribution in [3.05, 3.63) is 222 Å². The highest BCUT2D eigenvalue weighted by atomic mass is 16.3. The molecule has 0 fully saturated rings. The second-order valence-corrected chi connectivity index (χ2v) is 15.7.